The fourth-order valence-corrected chi connectivity index (χ4v) is 4.72. The third-order valence-electron chi connectivity index (χ3n) is 6.11. The van der Waals surface area contributed by atoms with Crippen molar-refractivity contribution < 1.29 is 14.3 Å². The van der Waals surface area contributed by atoms with Gasteiger partial charge in [-0.1, -0.05) is 52.3 Å². The summed E-state index contributed by atoms with van der Waals surface area (Å²) in [7, 11) is 0. The van der Waals surface area contributed by atoms with E-state index in [4.69, 9.17) is 4.74 Å². The zero-order valence-electron chi connectivity index (χ0n) is 17.6. The molecule has 162 valence electrons. The molecule has 3 aromatic rings. The van der Waals surface area contributed by atoms with Crippen LogP contribution in [0.15, 0.2) is 71.2 Å². The summed E-state index contributed by atoms with van der Waals surface area (Å²) in [5, 5.41) is 0. The van der Waals surface area contributed by atoms with Gasteiger partial charge in [-0.25, -0.2) is 0 Å². The third kappa shape index (κ3) is 4.02. The van der Waals surface area contributed by atoms with Gasteiger partial charge >= 0.3 is 0 Å². The number of nitrogens with zero attached hydrogens (tertiary/aromatic N) is 2. The summed E-state index contributed by atoms with van der Waals surface area (Å²) in [6.45, 7) is 1.83. The van der Waals surface area contributed by atoms with Gasteiger partial charge in [0, 0.05) is 40.9 Å². The molecule has 0 aromatic heterocycles. The van der Waals surface area contributed by atoms with Gasteiger partial charge in [0.25, 0.3) is 11.8 Å². The quantitative estimate of drug-likeness (QED) is 0.524. The maximum Gasteiger partial charge on any atom is 0.264 e. The topological polar surface area (TPSA) is 49.9 Å². The van der Waals surface area contributed by atoms with Crippen LogP contribution in [0.3, 0.4) is 0 Å². The van der Waals surface area contributed by atoms with Crippen LogP contribution in [0.1, 0.15) is 27.0 Å². The molecular weight excluding hydrogens is 468 g/mol. The van der Waals surface area contributed by atoms with Crippen molar-refractivity contribution in [2.75, 3.05) is 24.6 Å². The van der Waals surface area contributed by atoms with Gasteiger partial charge in [0.05, 0.1) is 0 Å². The number of fused-ring (bicyclic) bond motifs is 2. The zero-order valence-corrected chi connectivity index (χ0v) is 19.2. The van der Waals surface area contributed by atoms with Gasteiger partial charge in [-0.05, 0) is 54.3 Å². The van der Waals surface area contributed by atoms with Gasteiger partial charge < -0.3 is 14.5 Å². The van der Waals surface area contributed by atoms with Gasteiger partial charge in [0.2, 0.25) is 0 Å². The van der Waals surface area contributed by atoms with Crippen LogP contribution in [0.2, 0.25) is 0 Å². The summed E-state index contributed by atoms with van der Waals surface area (Å²) < 4.78 is 6.96. The van der Waals surface area contributed by atoms with Crippen LogP contribution in [0, 0.1) is 0 Å². The Morgan fingerprint density at radius 2 is 1.75 bits per heavy atom. The molecule has 0 atom stereocenters. The number of carbonyl (C=O) groups is 2. The second-order valence-corrected chi connectivity index (χ2v) is 9.01. The Morgan fingerprint density at radius 3 is 2.59 bits per heavy atom. The molecule has 0 N–H and O–H groups in total. The molecule has 0 saturated carbocycles. The van der Waals surface area contributed by atoms with E-state index in [0.29, 0.717) is 37.4 Å². The van der Waals surface area contributed by atoms with Crippen molar-refractivity contribution in [1.82, 2.24) is 4.90 Å². The first-order valence-corrected chi connectivity index (χ1v) is 11.6. The maximum absolute atomic E-state index is 13.1. The number of hydrogen-bond donors (Lipinski definition) is 0. The van der Waals surface area contributed by atoms with Gasteiger partial charge in [0.1, 0.15) is 5.75 Å². The molecule has 0 bridgehead atoms. The Balaban J connectivity index is 1.28. The van der Waals surface area contributed by atoms with E-state index in [1.807, 2.05) is 65.6 Å². The summed E-state index contributed by atoms with van der Waals surface area (Å²) in [5.74, 6) is 0.561. The van der Waals surface area contributed by atoms with Gasteiger partial charge in [-0.3, -0.25) is 9.59 Å². The van der Waals surface area contributed by atoms with Crippen LogP contribution < -0.4 is 9.64 Å². The molecule has 0 fully saturated rings. The summed E-state index contributed by atoms with van der Waals surface area (Å²) in [5.41, 5.74) is 4.79. The molecule has 2 heterocycles. The van der Waals surface area contributed by atoms with Crippen molar-refractivity contribution in [3.63, 3.8) is 0 Å². The second kappa shape index (κ2) is 8.79. The largest absolute Gasteiger partial charge is 0.483 e. The fourth-order valence-electron chi connectivity index (χ4n) is 4.45. The predicted octanol–water partition coefficient (Wildman–Crippen LogP) is 4.62. The normalized spacial score (nSPS) is 14.8. The number of hydrogen-bond acceptors (Lipinski definition) is 3. The molecule has 0 radical (unpaired) electrons. The van der Waals surface area contributed by atoms with Crippen molar-refractivity contribution in [3.05, 3.63) is 93.5 Å². The lowest BCUT2D eigenvalue weighted by Crippen LogP contribution is -2.37. The van der Waals surface area contributed by atoms with E-state index < -0.39 is 0 Å². The molecule has 2 amide bonds. The molecule has 5 rings (SSSR count). The van der Waals surface area contributed by atoms with Crippen LogP contribution in [0.4, 0.5) is 5.69 Å². The van der Waals surface area contributed by atoms with Crippen molar-refractivity contribution in [3.8, 4) is 5.75 Å². The SMILES string of the molecule is O=C1c2cccc(OCC(=O)N3CCc4ccccc43)c2CCN1Cc1ccc(Br)cc1. The summed E-state index contributed by atoms with van der Waals surface area (Å²) >= 11 is 3.44. The van der Waals surface area contributed by atoms with E-state index in [-0.39, 0.29) is 18.4 Å². The smallest absolute Gasteiger partial charge is 0.264 e. The molecule has 5 nitrogen and oxygen atoms in total. The highest BCUT2D eigenvalue weighted by molar-refractivity contribution is 9.10. The number of anilines is 1. The lowest BCUT2D eigenvalue weighted by atomic mass is 9.97. The first kappa shape index (κ1) is 20.8. The Kier molecular flexibility index (Phi) is 5.70. The minimum atomic E-state index is -0.0634. The van der Waals surface area contributed by atoms with Gasteiger partial charge in [-0.2, -0.15) is 0 Å². The number of para-hydroxylation sites is 1. The van der Waals surface area contributed by atoms with Crippen LogP contribution in [-0.4, -0.2) is 36.4 Å². The van der Waals surface area contributed by atoms with E-state index in [9.17, 15) is 9.59 Å². The molecule has 32 heavy (non-hydrogen) atoms. The molecular formula is C26H23BrN2O3. The van der Waals surface area contributed by atoms with E-state index >= 15 is 0 Å². The molecule has 2 aliphatic heterocycles. The minimum absolute atomic E-state index is 0.000541. The van der Waals surface area contributed by atoms with E-state index in [2.05, 4.69) is 22.0 Å². The zero-order chi connectivity index (χ0) is 22.1. The third-order valence-corrected chi connectivity index (χ3v) is 6.64. The molecule has 6 heteroatoms. The van der Waals surface area contributed by atoms with Crippen molar-refractivity contribution in [1.29, 1.82) is 0 Å². The first-order chi connectivity index (χ1) is 15.6. The Bertz CT molecular complexity index is 1180. The summed E-state index contributed by atoms with van der Waals surface area (Å²) in [6, 6.07) is 21.5. The highest BCUT2D eigenvalue weighted by atomic mass is 79.9. The minimum Gasteiger partial charge on any atom is -0.483 e. The molecule has 2 aliphatic rings. The monoisotopic (exact) mass is 490 g/mol. The van der Waals surface area contributed by atoms with Crippen molar-refractivity contribution in [2.24, 2.45) is 0 Å². The van der Waals surface area contributed by atoms with Crippen molar-refractivity contribution in [2.45, 2.75) is 19.4 Å². The lowest BCUT2D eigenvalue weighted by Gasteiger charge is -2.30. The maximum atomic E-state index is 13.1. The standard InChI is InChI=1S/C26H23BrN2O3/c27-20-10-8-18(9-11-20)16-28-14-13-21-22(26(28)31)5-3-7-24(21)32-17-25(30)29-15-12-19-4-1-2-6-23(19)29/h1-11H,12-17H2. The number of rotatable bonds is 5. The summed E-state index contributed by atoms with van der Waals surface area (Å²) in [4.78, 5) is 29.6. The molecule has 0 saturated heterocycles. The average molecular weight is 491 g/mol. The number of carbonyl (C=O) groups excluding carboxylic acids is 2. The van der Waals surface area contributed by atoms with E-state index in [0.717, 1.165) is 27.7 Å². The number of ether oxygens (including phenoxy) is 1. The first-order valence-electron chi connectivity index (χ1n) is 10.8. The summed E-state index contributed by atoms with van der Waals surface area (Å²) in [6.07, 6.45) is 1.57. The number of amides is 2. The molecule has 0 spiro atoms. The highest BCUT2D eigenvalue weighted by Crippen LogP contribution is 2.30. The van der Waals surface area contributed by atoms with E-state index in [1.165, 1.54) is 5.56 Å². The average Bonchev–Trinajstić information content (AvgIpc) is 3.25. The molecule has 0 unspecified atom stereocenters. The Hall–Kier alpha value is -3.12. The second-order valence-electron chi connectivity index (χ2n) is 8.10. The Labute approximate surface area is 195 Å². The van der Waals surface area contributed by atoms with E-state index in [1.54, 1.807) is 4.90 Å². The number of halogens is 1. The van der Waals surface area contributed by atoms with Crippen LogP contribution in [-0.2, 0) is 24.2 Å². The van der Waals surface area contributed by atoms with Crippen LogP contribution in [0.25, 0.3) is 0 Å². The Morgan fingerprint density at radius 1 is 0.938 bits per heavy atom. The van der Waals surface area contributed by atoms with Gasteiger partial charge in [0.15, 0.2) is 6.61 Å². The fraction of sp³-hybridized carbons (Fsp3) is 0.231. The van der Waals surface area contributed by atoms with Crippen molar-refractivity contribution >= 4 is 33.4 Å². The van der Waals surface area contributed by atoms with Gasteiger partial charge in [-0.15, -0.1) is 0 Å². The predicted molar refractivity (Wildman–Crippen MR) is 127 cm³/mol. The van der Waals surface area contributed by atoms with Crippen LogP contribution >= 0.6 is 15.9 Å². The highest BCUT2D eigenvalue weighted by Gasteiger charge is 2.28. The van der Waals surface area contributed by atoms with Crippen LogP contribution in [0.5, 0.6) is 5.75 Å². The lowest BCUT2D eigenvalue weighted by molar-refractivity contribution is -0.120. The number of benzene rings is 3. The molecule has 3 aromatic carbocycles. The molecule has 0 aliphatic carbocycles.